The van der Waals surface area contributed by atoms with Crippen molar-refractivity contribution in [2.45, 2.75) is 48.4 Å². The zero-order valence-corrected chi connectivity index (χ0v) is 16.5. The maximum atomic E-state index is 16.5. The molecular weight excluding hydrogens is 369 g/mol. The summed E-state index contributed by atoms with van der Waals surface area (Å²) in [5.74, 6) is -0.176. The molecule has 2 bridgehead atoms. The molecule has 29 heavy (non-hydrogen) atoms. The molecule has 3 saturated heterocycles. The molecule has 7 rings (SSSR count). The van der Waals surface area contributed by atoms with Crippen LogP contribution in [0.5, 0.6) is 0 Å². The maximum Gasteiger partial charge on any atom is 0.353 e. The molecule has 1 spiro atoms. The van der Waals surface area contributed by atoms with E-state index in [1.54, 1.807) is 24.3 Å². The Balaban J connectivity index is 1.22. The molecule has 2 aromatic carbocycles. The number of ether oxygens (including phenoxy) is 2. The Kier molecular flexibility index (Phi) is 2.70. The van der Waals surface area contributed by atoms with Crippen molar-refractivity contribution < 1.29 is 23.1 Å². The van der Waals surface area contributed by atoms with Gasteiger partial charge in [-0.1, -0.05) is 48.5 Å². The van der Waals surface area contributed by atoms with Gasteiger partial charge >= 0.3 is 5.97 Å². The molecule has 4 nitrogen and oxygen atoms in total. The van der Waals surface area contributed by atoms with Crippen LogP contribution in [0.25, 0.3) is 11.1 Å². The summed E-state index contributed by atoms with van der Waals surface area (Å²) in [6, 6.07) is 15.3. The van der Waals surface area contributed by atoms with E-state index in [0.717, 1.165) is 28.5 Å². The number of alkyl halides is 1. The quantitative estimate of drug-likeness (QED) is 0.448. The predicted octanol–water partition coefficient (Wildman–Crippen LogP) is 3.18. The summed E-state index contributed by atoms with van der Waals surface area (Å²) in [6.07, 6.45) is 1.73. The van der Waals surface area contributed by atoms with Crippen LogP contribution in [0.3, 0.4) is 0 Å². The summed E-state index contributed by atoms with van der Waals surface area (Å²) >= 11 is 0. The molecule has 1 saturated carbocycles. The summed E-state index contributed by atoms with van der Waals surface area (Å²) in [5.41, 5.74) is 0.140. The van der Waals surface area contributed by atoms with Crippen LogP contribution in [0.1, 0.15) is 24.0 Å². The smallest absolute Gasteiger partial charge is 0.353 e. The van der Waals surface area contributed by atoms with Crippen molar-refractivity contribution in [1.29, 1.82) is 0 Å². The van der Waals surface area contributed by atoms with Gasteiger partial charge in [-0.2, -0.15) is 0 Å². The average Bonchev–Trinajstić information content (AvgIpc) is 3.56. The molecular formula is C24H23FNO3+. The van der Waals surface area contributed by atoms with Crippen molar-refractivity contribution in [3.63, 3.8) is 0 Å². The molecule has 0 radical (unpaired) electrons. The molecule has 3 heterocycles. The first-order chi connectivity index (χ1) is 13.9. The number of carbonyl (C=O) groups excluding carboxylic acids is 1. The second-order valence-corrected chi connectivity index (χ2v) is 9.88. The first-order valence-electron chi connectivity index (χ1n) is 10.5. The van der Waals surface area contributed by atoms with Gasteiger partial charge in [0, 0.05) is 24.0 Å². The lowest BCUT2D eigenvalue weighted by molar-refractivity contribution is -0.936. The van der Waals surface area contributed by atoms with Crippen molar-refractivity contribution in [2.75, 3.05) is 14.1 Å². The number of quaternary nitrogens is 1. The number of esters is 1. The van der Waals surface area contributed by atoms with Crippen molar-refractivity contribution in [3.8, 4) is 11.1 Å². The number of carbonyl (C=O) groups is 1. The average molecular weight is 392 g/mol. The molecule has 5 aliphatic rings. The van der Waals surface area contributed by atoms with Gasteiger partial charge in [-0.25, -0.2) is 9.18 Å². The Labute approximate surface area is 168 Å². The number of rotatable bonds is 2. The van der Waals surface area contributed by atoms with Gasteiger partial charge in [-0.05, 0) is 11.1 Å². The molecule has 5 heteroatoms. The Bertz CT molecular complexity index is 1050. The van der Waals surface area contributed by atoms with E-state index in [0.29, 0.717) is 35.2 Å². The molecule has 0 aromatic heterocycles. The molecule has 4 unspecified atom stereocenters. The molecule has 6 atom stereocenters. The fourth-order valence-electron chi connectivity index (χ4n) is 7.02. The summed E-state index contributed by atoms with van der Waals surface area (Å²) < 4.78 is 29.2. The van der Waals surface area contributed by atoms with Crippen molar-refractivity contribution in [3.05, 3.63) is 59.7 Å². The molecule has 4 fully saturated rings. The Morgan fingerprint density at radius 1 is 1.07 bits per heavy atom. The van der Waals surface area contributed by atoms with E-state index in [4.69, 9.17) is 9.47 Å². The fraction of sp³-hybridized carbons (Fsp3) is 0.458. The van der Waals surface area contributed by atoms with E-state index in [1.807, 2.05) is 24.3 Å². The fourth-order valence-corrected chi connectivity index (χ4v) is 7.02. The lowest BCUT2D eigenvalue weighted by atomic mass is 9.91. The van der Waals surface area contributed by atoms with Crippen LogP contribution in [0.2, 0.25) is 0 Å². The van der Waals surface area contributed by atoms with E-state index in [1.165, 1.54) is 0 Å². The van der Waals surface area contributed by atoms with E-state index in [9.17, 15) is 4.79 Å². The molecule has 148 valence electrons. The van der Waals surface area contributed by atoms with Crippen molar-refractivity contribution in [2.24, 2.45) is 5.92 Å². The predicted molar refractivity (Wildman–Crippen MR) is 104 cm³/mol. The zero-order chi connectivity index (χ0) is 19.8. The van der Waals surface area contributed by atoms with Crippen LogP contribution in [0.15, 0.2) is 48.5 Å². The topological polar surface area (TPSA) is 38.8 Å². The van der Waals surface area contributed by atoms with Gasteiger partial charge in [0.25, 0.3) is 5.67 Å². The number of piperidine rings is 2. The third-order valence-corrected chi connectivity index (χ3v) is 8.48. The van der Waals surface area contributed by atoms with Gasteiger partial charge in [-0.3, -0.25) is 0 Å². The number of epoxide rings is 1. The number of benzene rings is 2. The van der Waals surface area contributed by atoms with E-state index in [2.05, 4.69) is 14.1 Å². The van der Waals surface area contributed by atoms with Gasteiger partial charge < -0.3 is 14.0 Å². The summed E-state index contributed by atoms with van der Waals surface area (Å²) in [4.78, 5) is 13.3. The third kappa shape index (κ3) is 1.69. The second kappa shape index (κ2) is 4.73. The molecule has 3 aliphatic heterocycles. The molecule has 0 amide bonds. The lowest BCUT2D eigenvalue weighted by Crippen LogP contribution is -2.60. The minimum atomic E-state index is -2.24. The third-order valence-electron chi connectivity index (χ3n) is 8.48. The Morgan fingerprint density at radius 2 is 1.69 bits per heavy atom. The molecule has 2 aliphatic carbocycles. The highest BCUT2D eigenvalue weighted by molar-refractivity contribution is 5.96. The van der Waals surface area contributed by atoms with E-state index in [-0.39, 0.29) is 11.7 Å². The minimum absolute atomic E-state index is 0.0370. The van der Waals surface area contributed by atoms with E-state index >= 15 is 4.39 Å². The van der Waals surface area contributed by atoms with Gasteiger partial charge in [0.15, 0.2) is 5.60 Å². The van der Waals surface area contributed by atoms with Crippen LogP contribution in [0, 0.1) is 5.92 Å². The van der Waals surface area contributed by atoms with Crippen LogP contribution in [-0.4, -0.2) is 54.4 Å². The summed E-state index contributed by atoms with van der Waals surface area (Å²) in [6.45, 7) is 0. The largest absolute Gasteiger partial charge is 0.459 e. The van der Waals surface area contributed by atoms with Gasteiger partial charge in [0.05, 0.1) is 20.0 Å². The number of halogens is 1. The Hall–Kier alpha value is -2.24. The normalized spacial score (nSPS) is 40.3. The van der Waals surface area contributed by atoms with Crippen LogP contribution < -0.4 is 0 Å². The monoisotopic (exact) mass is 392 g/mol. The number of hydrogen-bond acceptors (Lipinski definition) is 3. The van der Waals surface area contributed by atoms with Crippen LogP contribution >= 0.6 is 0 Å². The first-order valence-corrected chi connectivity index (χ1v) is 10.5. The number of likely N-dealkylation sites (N-methyl/N-ethyl adjacent to an activating group) is 1. The van der Waals surface area contributed by atoms with E-state index < -0.39 is 11.6 Å². The zero-order valence-electron chi connectivity index (χ0n) is 16.5. The van der Waals surface area contributed by atoms with Crippen LogP contribution in [0.4, 0.5) is 4.39 Å². The van der Waals surface area contributed by atoms with Crippen molar-refractivity contribution >= 4 is 5.97 Å². The van der Waals surface area contributed by atoms with Gasteiger partial charge in [-0.15, -0.1) is 0 Å². The van der Waals surface area contributed by atoms with Gasteiger partial charge in [0.1, 0.15) is 24.3 Å². The summed E-state index contributed by atoms with van der Waals surface area (Å²) in [5, 5.41) is 0. The van der Waals surface area contributed by atoms with Crippen LogP contribution in [-0.2, 0) is 19.9 Å². The molecule has 0 N–H and O–H groups in total. The number of nitrogens with zero attached hydrogens (tertiary/aromatic N) is 1. The minimum Gasteiger partial charge on any atom is -0.459 e. The SMILES string of the molecule is C[N+]1(C)C2C[C@H](OC(=O)C3(F)c4ccccc4-c4ccccc43)CC1[C@]13OC1C23. The second-order valence-electron chi connectivity index (χ2n) is 9.88. The number of fused-ring (bicyclic) bond motifs is 7. The standard InChI is InChI=1S/C24H23FNO3/c1-26(2)18-11-13(12-19(26)24-20(18)21(24)29-24)28-22(27)23(25)16-9-5-3-7-14(16)15-8-4-6-10-17(15)23/h3-10,13,18-21H,11-12H2,1-2H3/q+1/t13-,18?,19?,20?,21?,24+/m0/s1. The lowest BCUT2D eigenvalue weighted by Gasteiger charge is -2.45. The highest BCUT2D eigenvalue weighted by Gasteiger charge is 2.97. The van der Waals surface area contributed by atoms with Gasteiger partial charge in [0.2, 0.25) is 0 Å². The molecule has 2 aromatic rings. The highest BCUT2D eigenvalue weighted by atomic mass is 19.1. The number of hydrogen-bond donors (Lipinski definition) is 0. The Morgan fingerprint density at radius 3 is 2.28 bits per heavy atom. The summed E-state index contributed by atoms with van der Waals surface area (Å²) in [7, 11) is 4.51. The first kappa shape index (κ1) is 16.5. The highest BCUT2D eigenvalue weighted by Crippen LogP contribution is 2.77. The maximum absolute atomic E-state index is 16.5. The van der Waals surface area contributed by atoms with Crippen molar-refractivity contribution in [1.82, 2.24) is 0 Å².